The van der Waals surface area contributed by atoms with Crippen molar-refractivity contribution in [3.05, 3.63) is 42.0 Å². The van der Waals surface area contributed by atoms with Crippen LogP contribution in [0, 0.1) is 0 Å². The van der Waals surface area contributed by atoms with Gasteiger partial charge in [-0.25, -0.2) is 0 Å². The fourth-order valence-corrected chi connectivity index (χ4v) is 4.40. The van der Waals surface area contributed by atoms with Crippen LogP contribution in [-0.2, 0) is 4.79 Å². The van der Waals surface area contributed by atoms with E-state index in [9.17, 15) is 18.0 Å². The summed E-state index contributed by atoms with van der Waals surface area (Å²) in [6.07, 6.45) is 1.78. The van der Waals surface area contributed by atoms with Crippen LogP contribution in [0.25, 0.3) is 10.8 Å². The van der Waals surface area contributed by atoms with Crippen molar-refractivity contribution < 1.29 is 22.7 Å². The second kappa shape index (κ2) is 10.1. The predicted molar refractivity (Wildman–Crippen MR) is 120 cm³/mol. The lowest BCUT2D eigenvalue weighted by molar-refractivity contribution is -0.203. The summed E-state index contributed by atoms with van der Waals surface area (Å²) < 4.78 is 49.6. The van der Waals surface area contributed by atoms with E-state index in [2.05, 4.69) is 12.3 Å². The van der Waals surface area contributed by atoms with Crippen molar-refractivity contribution in [2.24, 2.45) is 0 Å². The number of hydrazine groups is 1. The number of nitrogens with one attached hydrogen (secondary N) is 1. The first-order valence-corrected chi connectivity index (χ1v) is 11.4. The van der Waals surface area contributed by atoms with Crippen LogP contribution in [0.15, 0.2) is 36.4 Å². The number of hydrogen-bond donors (Lipinski definition) is 1. The van der Waals surface area contributed by atoms with Crippen LogP contribution in [0.5, 0.6) is 5.75 Å². The molecule has 4 nitrogen and oxygen atoms in total. The molecule has 3 rings (SSSR count). The highest BCUT2D eigenvalue weighted by Gasteiger charge is 2.54. The minimum Gasteiger partial charge on any atom is -0.493 e. The summed E-state index contributed by atoms with van der Waals surface area (Å²) in [4.78, 5) is 12.0. The van der Waals surface area contributed by atoms with Gasteiger partial charge in [0.15, 0.2) is 6.04 Å². The van der Waals surface area contributed by atoms with Gasteiger partial charge in [-0.05, 0) is 37.1 Å². The van der Waals surface area contributed by atoms with Crippen LogP contribution in [0.3, 0.4) is 0 Å². The molecule has 1 aliphatic rings. The van der Waals surface area contributed by atoms with Gasteiger partial charge in [0, 0.05) is 17.5 Å². The highest BCUT2D eigenvalue weighted by atomic mass is 19.4. The van der Waals surface area contributed by atoms with Crippen LogP contribution >= 0.6 is 0 Å². The summed E-state index contributed by atoms with van der Waals surface area (Å²) >= 11 is 0. The molecule has 7 heteroatoms. The quantitative estimate of drug-likeness (QED) is 0.410. The van der Waals surface area contributed by atoms with E-state index in [-0.39, 0.29) is 17.7 Å². The van der Waals surface area contributed by atoms with E-state index in [1.165, 1.54) is 12.8 Å². The van der Waals surface area contributed by atoms with Crippen molar-refractivity contribution in [3.8, 4) is 5.75 Å². The first-order valence-electron chi connectivity index (χ1n) is 11.4. The number of ether oxygens (including phenoxy) is 1. The molecule has 0 saturated carbocycles. The number of nitrogens with zero attached hydrogens (tertiary/aromatic N) is 1. The van der Waals surface area contributed by atoms with Gasteiger partial charge in [-0.2, -0.15) is 18.2 Å². The van der Waals surface area contributed by atoms with Crippen molar-refractivity contribution in [2.45, 2.75) is 83.5 Å². The smallest absolute Gasteiger partial charge is 0.410 e. The van der Waals surface area contributed by atoms with Crippen molar-refractivity contribution in [2.75, 3.05) is 6.61 Å². The Morgan fingerprint density at radius 1 is 1.06 bits per heavy atom. The average Bonchev–Trinajstić information content (AvgIpc) is 2.99. The average molecular weight is 451 g/mol. The van der Waals surface area contributed by atoms with Crippen LogP contribution in [0.4, 0.5) is 13.2 Å². The minimum absolute atomic E-state index is 0.00169. The zero-order chi connectivity index (χ0) is 23.4. The number of carbonyl (C=O) groups is 1. The summed E-state index contributed by atoms with van der Waals surface area (Å²) in [6, 6.07) is 8.39. The molecular formula is C25H33F3N2O2. The number of unbranched alkanes of at least 4 members (excludes halogenated alkanes) is 5. The fourth-order valence-electron chi connectivity index (χ4n) is 4.40. The Hall–Kier alpha value is -2.28. The van der Waals surface area contributed by atoms with Gasteiger partial charge in [0.25, 0.3) is 0 Å². The van der Waals surface area contributed by atoms with Gasteiger partial charge >= 0.3 is 6.18 Å². The highest BCUT2D eigenvalue weighted by molar-refractivity contribution is 5.88. The number of fused-ring (bicyclic) bond motifs is 1. The van der Waals surface area contributed by atoms with Gasteiger partial charge in [-0.3, -0.25) is 10.2 Å². The first kappa shape index (κ1) is 24.4. The van der Waals surface area contributed by atoms with Crippen LogP contribution in [0.2, 0.25) is 0 Å². The number of benzene rings is 2. The molecule has 0 radical (unpaired) electrons. The van der Waals surface area contributed by atoms with Crippen LogP contribution in [0.1, 0.15) is 77.3 Å². The number of rotatable bonds is 10. The van der Waals surface area contributed by atoms with Crippen LogP contribution in [-0.4, -0.2) is 29.2 Å². The fraction of sp³-hybridized carbons (Fsp3) is 0.560. The summed E-state index contributed by atoms with van der Waals surface area (Å²) in [7, 11) is 0. The summed E-state index contributed by atoms with van der Waals surface area (Å²) in [5.41, 5.74) is 1.51. The molecule has 1 unspecified atom stereocenters. The number of hydrogen-bond acceptors (Lipinski definition) is 3. The van der Waals surface area contributed by atoms with Gasteiger partial charge in [-0.15, -0.1) is 0 Å². The third-order valence-corrected chi connectivity index (χ3v) is 6.02. The minimum atomic E-state index is -4.61. The normalized spacial score (nSPS) is 17.5. The van der Waals surface area contributed by atoms with Gasteiger partial charge in [0.1, 0.15) is 5.75 Å². The van der Waals surface area contributed by atoms with Crippen LogP contribution < -0.4 is 10.2 Å². The lowest BCUT2D eigenvalue weighted by Gasteiger charge is -2.38. The molecule has 1 saturated heterocycles. The maximum atomic E-state index is 14.5. The Morgan fingerprint density at radius 3 is 2.41 bits per heavy atom. The summed E-state index contributed by atoms with van der Waals surface area (Å²) in [5, 5.41) is 2.23. The van der Waals surface area contributed by atoms with E-state index in [1.54, 1.807) is 50.2 Å². The number of carbonyl (C=O) groups excluding carboxylic acids is 1. The number of alkyl halides is 3. The summed E-state index contributed by atoms with van der Waals surface area (Å²) in [6.45, 7) is 5.81. The van der Waals surface area contributed by atoms with Gasteiger partial charge in [0.2, 0.25) is 5.91 Å². The molecule has 1 fully saturated rings. The monoisotopic (exact) mass is 450 g/mol. The molecule has 1 heterocycles. The summed E-state index contributed by atoms with van der Waals surface area (Å²) in [5.74, 6) is -0.199. The highest BCUT2D eigenvalue weighted by Crippen LogP contribution is 2.48. The Kier molecular flexibility index (Phi) is 7.70. The van der Waals surface area contributed by atoms with E-state index >= 15 is 0 Å². The topological polar surface area (TPSA) is 41.6 Å². The molecule has 0 aromatic heterocycles. The third-order valence-electron chi connectivity index (χ3n) is 6.02. The molecule has 2 aromatic carbocycles. The molecule has 1 atom stereocenters. The van der Waals surface area contributed by atoms with Gasteiger partial charge < -0.3 is 4.74 Å². The molecule has 1 N–H and O–H groups in total. The molecule has 1 aliphatic heterocycles. The molecule has 0 aliphatic carbocycles. The standard InChI is InChI=1S/C25H33F3N2O2/c1-4-5-6-7-8-11-16-32-20-15-14-18-12-9-10-13-19(18)22(20)23(25(26,27)28)30-24(2,3)17-21(31)29-30/h9-10,12-15,23H,4-8,11,16-17H2,1-3H3,(H,29,31). The molecule has 0 spiro atoms. The Bertz CT molecular complexity index is 927. The Balaban J connectivity index is 1.96. The van der Waals surface area contributed by atoms with Crippen molar-refractivity contribution in [3.63, 3.8) is 0 Å². The molecular weight excluding hydrogens is 417 g/mol. The Morgan fingerprint density at radius 2 is 1.75 bits per heavy atom. The number of halogens is 3. The van der Waals surface area contributed by atoms with E-state index in [4.69, 9.17) is 4.74 Å². The lowest BCUT2D eigenvalue weighted by Crippen LogP contribution is -2.51. The molecule has 32 heavy (non-hydrogen) atoms. The zero-order valence-corrected chi connectivity index (χ0v) is 19.1. The first-order chi connectivity index (χ1) is 15.1. The Labute approximate surface area is 188 Å². The van der Waals surface area contributed by atoms with Crippen molar-refractivity contribution >= 4 is 16.7 Å². The van der Waals surface area contributed by atoms with E-state index in [0.29, 0.717) is 17.4 Å². The zero-order valence-electron chi connectivity index (χ0n) is 19.1. The van der Waals surface area contributed by atoms with Crippen molar-refractivity contribution in [1.29, 1.82) is 0 Å². The SMILES string of the molecule is CCCCCCCCOc1ccc2ccccc2c1C(N1NC(=O)CC1(C)C)C(F)(F)F. The van der Waals surface area contributed by atoms with Gasteiger partial charge in [-0.1, -0.05) is 69.4 Å². The third kappa shape index (κ3) is 5.55. The predicted octanol–water partition coefficient (Wildman–Crippen LogP) is 6.70. The number of amides is 1. The van der Waals surface area contributed by atoms with Crippen molar-refractivity contribution in [1.82, 2.24) is 10.4 Å². The lowest BCUT2D eigenvalue weighted by atomic mass is 9.93. The molecule has 176 valence electrons. The maximum absolute atomic E-state index is 14.5. The molecule has 2 aromatic rings. The van der Waals surface area contributed by atoms with E-state index in [1.807, 2.05) is 0 Å². The van der Waals surface area contributed by atoms with Gasteiger partial charge in [0.05, 0.1) is 6.61 Å². The second-order valence-electron chi connectivity index (χ2n) is 9.15. The maximum Gasteiger partial charge on any atom is 0.410 e. The molecule has 0 bridgehead atoms. The second-order valence-corrected chi connectivity index (χ2v) is 9.15. The largest absolute Gasteiger partial charge is 0.493 e. The van der Waals surface area contributed by atoms with E-state index < -0.39 is 23.7 Å². The van der Waals surface area contributed by atoms with E-state index in [0.717, 1.165) is 30.7 Å². The molecule has 1 amide bonds.